The predicted molar refractivity (Wildman–Crippen MR) is 81.0 cm³/mol. The van der Waals surface area contributed by atoms with Gasteiger partial charge in [-0.15, -0.1) is 0 Å². The van der Waals surface area contributed by atoms with E-state index in [1.807, 2.05) is 0 Å². The molecule has 2 N–H and O–H groups in total. The number of methoxy groups -OCH3 is 1. The van der Waals surface area contributed by atoms with Gasteiger partial charge >= 0.3 is 141 Å². The van der Waals surface area contributed by atoms with E-state index in [0.29, 0.717) is 0 Å². The number of alkyl halides is 3. The van der Waals surface area contributed by atoms with Crippen LogP contribution in [-0.2, 0) is 14.1 Å². The first-order chi connectivity index (χ1) is 8.57. The molecule has 0 bridgehead atoms. The number of carbonyl (C=O) groups is 1. The van der Waals surface area contributed by atoms with Crippen molar-refractivity contribution in [1.82, 2.24) is 0 Å². The zero-order valence-corrected chi connectivity index (χ0v) is 15.4. The molecule has 0 amide bonds. The van der Waals surface area contributed by atoms with E-state index in [9.17, 15) is 14.6 Å². The van der Waals surface area contributed by atoms with E-state index in [4.69, 9.17) is 61.8 Å². The van der Waals surface area contributed by atoms with Gasteiger partial charge in [-0.05, 0) is 0 Å². The summed E-state index contributed by atoms with van der Waals surface area (Å²) in [6.07, 6.45) is -1.39. The summed E-state index contributed by atoms with van der Waals surface area (Å²) >= 11 is 27.9. The molecule has 0 aliphatic heterocycles. The molecule has 120 valence electrons. The molecule has 0 heterocycles. The second-order valence-electron chi connectivity index (χ2n) is 5.17. The van der Waals surface area contributed by atoms with Gasteiger partial charge in [0.05, 0.1) is 0 Å². The average Bonchev–Trinajstić information content (AvgIpc) is 2.72. The molecule has 1 fully saturated rings. The monoisotopic (exact) mass is 408 g/mol. The molecule has 0 aromatic carbocycles. The van der Waals surface area contributed by atoms with Gasteiger partial charge in [-0.3, -0.25) is 0 Å². The van der Waals surface area contributed by atoms with Crippen LogP contribution in [-0.4, -0.2) is 32.8 Å². The predicted octanol–water partition coefficient (Wildman–Crippen LogP) is 3.78. The van der Waals surface area contributed by atoms with Crippen molar-refractivity contribution < 1.29 is 23.8 Å². The van der Waals surface area contributed by atoms with E-state index in [2.05, 4.69) is 4.74 Å². The van der Waals surface area contributed by atoms with E-state index in [0.717, 1.165) is 0 Å². The molecule has 3 unspecified atom stereocenters. The molecule has 1 saturated carbocycles. The first-order valence-corrected chi connectivity index (χ1v) is 10.4. The van der Waals surface area contributed by atoms with E-state index >= 15 is 0 Å². The van der Waals surface area contributed by atoms with Crippen molar-refractivity contribution in [1.29, 1.82) is 0 Å². The second-order valence-corrected chi connectivity index (χ2v) is 13.4. The van der Waals surface area contributed by atoms with Crippen LogP contribution in [0.1, 0.15) is 13.8 Å². The molecular weight excluding hydrogens is 396 g/mol. The van der Waals surface area contributed by atoms with Gasteiger partial charge in [0.2, 0.25) is 0 Å². The zero-order valence-electron chi connectivity index (χ0n) is 10.7. The average molecular weight is 410 g/mol. The molecule has 1 aliphatic rings. The fourth-order valence-corrected chi connectivity index (χ4v) is 4.24. The number of hydrogen-bond donors (Lipinski definition) is 2. The Labute approximate surface area is 141 Å². The molecular formula is C9H14Cl5O5P. The van der Waals surface area contributed by atoms with Crippen molar-refractivity contribution in [3.05, 3.63) is 0 Å². The summed E-state index contributed by atoms with van der Waals surface area (Å²) in [7, 11) is 1.22. The first-order valence-electron chi connectivity index (χ1n) is 5.36. The summed E-state index contributed by atoms with van der Waals surface area (Å²) in [4.78, 5) is 30.6. The Morgan fingerprint density at radius 1 is 1.30 bits per heavy atom. The van der Waals surface area contributed by atoms with Crippen molar-refractivity contribution >= 4 is 69.2 Å². The molecule has 1 rings (SSSR count). The third kappa shape index (κ3) is 4.61. The molecule has 0 spiro atoms. The van der Waals surface area contributed by atoms with Crippen LogP contribution in [0.25, 0.3) is 0 Å². The van der Waals surface area contributed by atoms with Gasteiger partial charge in [-0.25, -0.2) is 0 Å². The van der Waals surface area contributed by atoms with Crippen molar-refractivity contribution in [3.63, 3.8) is 0 Å². The summed E-state index contributed by atoms with van der Waals surface area (Å²) in [5, 5.41) is 0. The Balaban J connectivity index is 3.07. The summed E-state index contributed by atoms with van der Waals surface area (Å²) in [5.74, 6) is -7.23. The van der Waals surface area contributed by atoms with E-state index in [1.165, 1.54) is 7.11 Å². The van der Waals surface area contributed by atoms with Crippen LogP contribution in [0.3, 0.4) is 0 Å². The van der Waals surface area contributed by atoms with Gasteiger partial charge in [0.25, 0.3) is 0 Å². The van der Waals surface area contributed by atoms with Gasteiger partial charge in [-0.1, -0.05) is 0 Å². The third-order valence-electron chi connectivity index (χ3n) is 3.30. The van der Waals surface area contributed by atoms with E-state index < -0.39 is 39.1 Å². The Kier molecular flexibility index (Phi) is 5.20. The number of halogens is 5. The molecule has 5 nitrogen and oxygen atoms in total. The molecule has 11 heteroatoms. The molecule has 0 aromatic heterocycles. The number of ether oxygens (including phenoxy) is 1. The van der Waals surface area contributed by atoms with Crippen LogP contribution in [0.4, 0.5) is 0 Å². The SMILES string of the molecule is COC(=O)C1C(C(OP(O)(O)(Cl)Cl)C(Cl)(Cl)Cl)C1(C)C. The maximum absolute atomic E-state index is 11.7. The van der Waals surface area contributed by atoms with E-state index in [1.54, 1.807) is 13.8 Å². The van der Waals surface area contributed by atoms with E-state index in [-0.39, 0.29) is 0 Å². The summed E-state index contributed by atoms with van der Waals surface area (Å²) < 4.78 is 7.43. The van der Waals surface area contributed by atoms with Crippen molar-refractivity contribution in [2.45, 2.75) is 23.7 Å². The molecule has 3 atom stereocenters. The second kappa shape index (κ2) is 5.40. The van der Waals surface area contributed by atoms with Crippen LogP contribution in [0, 0.1) is 17.3 Å². The van der Waals surface area contributed by atoms with Crippen LogP contribution in [0.5, 0.6) is 0 Å². The van der Waals surface area contributed by atoms with Gasteiger partial charge in [0.1, 0.15) is 0 Å². The Hall–Kier alpha value is 1.23. The Bertz CT molecular complexity index is 406. The molecule has 0 saturated heterocycles. The zero-order chi connectivity index (χ0) is 16.2. The van der Waals surface area contributed by atoms with Crippen LogP contribution < -0.4 is 0 Å². The van der Waals surface area contributed by atoms with Crippen LogP contribution in [0.2, 0.25) is 0 Å². The number of carbonyl (C=O) groups excluding carboxylic acids is 1. The number of esters is 1. The molecule has 20 heavy (non-hydrogen) atoms. The maximum atomic E-state index is 11.7. The Morgan fingerprint density at radius 2 is 1.75 bits per heavy atom. The van der Waals surface area contributed by atoms with Crippen molar-refractivity contribution in [3.8, 4) is 0 Å². The fourth-order valence-electron chi connectivity index (χ4n) is 2.34. The minimum atomic E-state index is -5.42. The summed E-state index contributed by atoms with van der Waals surface area (Å²) in [6.45, 7) is 3.44. The first kappa shape index (κ1) is 19.3. The van der Waals surface area contributed by atoms with Gasteiger partial charge in [0, 0.05) is 0 Å². The molecule has 0 aromatic rings. The minimum absolute atomic E-state index is 0.525. The van der Waals surface area contributed by atoms with Gasteiger partial charge in [-0.2, -0.15) is 0 Å². The van der Waals surface area contributed by atoms with Crippen molar-refractivity contribution in [2.24, 2.45) is 17.3 Å². The molecule has 1 aliphatic carbocycles. The quantitative estimate of drug-likeness (QED) is 0.419. The van der Waals surface area contributed by atoms with Crippen molar-refractivity contribution in [2.75, 3.05) is 7.11 Å². The fraction of sp³-hybridized carbons (Fsp3) is 0.889. The normalized spacial score (nSPS) is 29.2. The van der Waals surface area contributed by atoms with Crippen LogP contribution in [0.15, 0.2) is 0 Å². The summed E-state index contributed by atoms with van der Waals surface area (Å²) in [6, 6.07) is 0. The standard InChI is InChI=1S/C9H14Cl5O5P/c1-8(2)4(5(8)7(15)18-3)6(9(10,11)12)19-20(13,14,16)17/h4-6,16-17H,1-3H3. The topological polar surface area (TPSA) is 76.0 Å². The number of rotatable bonds is 4. The number of hydrogen-bond acceptors (Lipinski definition) is 5. The third-order valence-corrected chi connectivity index (χ3v) is 5.00. The molecule has 0 radical (unpaired) electrons. The Morgan fingerprint density at radius 3 is 2.05 bits per heavy atom. The van der Waals surface area contributed by atoms with Gasteiger partial charge < -0.3 is 0 Å². The van der Waals surface area contributed by atoms with Gasteiger partial charge in [0.15, 0.2) is 0 Å². The van der Waals surface area contributed by atoms with Crippen LogP contribution >= 0.6 is 63.3 Å². The summed E-state index contributed by atoms with van der Waals surface area (Å²) in [5.41, 5.74) is -0.635.